The molecule has 0 bridgehead atoms. The normalized spacial score (nSPS) is 15.0. The smallest absolute Gasteiger partial charge is 0.272 e. The largest absolute Gasteiger partial charge is 0.497 e. The highest BCUT2D eigenvalue weighted by Gasteiger charge is 2.42. The molecule has 3 aromatic carbocycles. The molecule has 0 saturated heterocycles. The van der Waals surface area contributed by atoms with Crippen LogP contribution in [0.2, 0.25) is 0 Å². The van der Waals surface area contributed by atoms with E-state index in [1.807, 2.05) is 60.1 Å². The number of rotatable bonds is 6. The maximum atomic E-state index is 14.0. The number of carbonyl (C=O) groups is 2. The Bertz CT molecular complexity index is 1390. The van der Waals surface area contributed by atoms with Gasteiger partial charge in [0.1, 0.15) is 23.8 Å². The molecule has 7 heteroatoms. The summed E-state index contributed by atoms with van der Waals surface area (Å²) in [6.07, 6.45) is 0. The molecule has 1 aliphatic rings. The summed E-state index contributed by atoms with van der Waals surface area (Å²) in [6, 6.07) is 21.3. The average molecular weight is 458 g/mol. The Balaban J connectivity index is 1.50. The molecule has 0 radical (unpaired) electrons. The molecule has 0 unspecified atom stereocenters. The van der Waals surface area contributed by atoms with Crippen molar-refractivity contribution in [3.8, 4) is 5.75 Å². The van der Waals surface area contributed by atoms with Crippen molar-refractivity contribution in [1.29, 1.82) is 0 Å². The first kappa shape index (κ1) is 21.7. The third kappa shape index (κ3) is 3.59. The van der Waals surface area contributed by atoms with Gasteiger partial charge in [-0.1, -0.05) is 48.5 Å². The monoisotopic (exact) mass is 457 g/mol. The van der Waals surface area contributed by atoms with Crippen LogP contribution < -0.4 is 10.1 Å². The van der Waals surface area contributed by atoms with Gasteiger partial charge in [-0.25, -0.2) is 4.39 Å². The van der Waals surface area contributed by atoms with E-state index in [1.165, 1.54) is 6.07 Å². The quantitative estimate of drug-likeness (QED) is 0.472. The standard InChI is InChI=1S/C27H24FN3O3/c1-30-22-10-6-4-8-20(22)24-25(17-11-13-19(34-2)14-12-17)31(27(33)26(24)30)16-23(32)29-15-18-7-3-5-9-21(18)28/h3-14,25H,15-16H2,1-2H3,(H,29,32)/t25-/m1/s1. The molecule has 0 fully saturated rings. The molecule has 5 rings (SSSR count). The molecule has 0 spiro atoms. The summed E-state index contributed by atoms with van der Waals surface area (Å²) < 4.78 is 21.1. The van der Waals surface area contributed by atoms with Crippen molar-refractivity contribution in [2.45, 2.75) is 12.6 Å². The minimum absolute atomic E-state index is 0.0522. The summed E-state index contributed by atoms with van der Waals surface area (Å²) in [5.41, 5.74) is 3.69. The Labute approximate surface area is 196 Å². The number of amides is 2. The molecule has 1 aromatic heterocycles. The highest BCUT2D eigenvalue weighted by Crippen LogP contribution is 2.43. The number of fused-ring (bicyclic) bond motifs is 3. The van der Waals surface area contributed by atoms with Crippen LogP contribution in [-0.2, 0) is 18.4 Å². The minimum Gasteiger partial charge on any atom is -0.497 e. The summed E-state index contributed by atoms with van der Waals surface area (Å²) in [5, 5.41) is 3.72. The number of aromatic nitrogens is 1. The van der Waals surface area contributed by atoms with Crippen molar-refractivity contribution in [2.75, 3.05) is 13.7 Å². The van der Waals surface area contributed by atoms with E-state index in [1.54, 1.807) is 30.2 Å². The van der Waals surface area contributed by atoms with Crippen LogP contribution in [0, 0.1) is 5.82 Å². The van der Waals surface area contributed by atoms with Gasteiger partial charge in [0.25, 0.3) is 5.91 Å². The van der Waals surface area contributed by atoms with Gasteiger partial charge in [-0.2, -0.15) is 0 Å². The van der Waals surface area contributed by atoms with Gasteiger partial charge in [-0.3, -0.25) is 9.59 Å². The SMILES string of the molecule is COc1ccc([C@@H]2c3c(n(C)c4ccccc34)C(=O)N2CC(=O)NCc2ccccc2F)cc1. The number of hydrogen-bond donors (Lipinski definition) is 1. The highest BCUT2D eigenvalue weighted by molar-refractivity contribution is 6.07. The average Bonchev–Trinajstić information content (AvgIpc) is 3.31. The zero-order chi connectivity index (χ0) is 23.8. The number of benzene rings is 3. The summed E-state index contributed by atoms with van der Waals surface area (Å²) in [4.78, 5) is 28.1. The van der Waals surface area contributed by atoms with Gasteiger partial charge in [-0.05, 0) is 29.8 Å². The van der Waals surface area contributed by atoms with Crippen LogP contribution in [0.25, 0.3) is 10.9 Å². The van der Waals surface area contributed by atoms with Crippen LogP contribution >= 0.6 is 0 Å². The second-order valence-corrected chi connectivity index (χ2v) is 8.32. The van der Waals surface area contributed by atoms with Gasteiger partial charge in [0.2, 0.25) is 5.91 Å². The molecule has 34 heavy (non-hydrogen) atoms. The van der Waals surface area contributed by atoms with Crippen LogP contribution in [0.5, 0.6) is 5.75 Å². The number of nitrogens with zero attached hydrogens (tertiary/aromatic N) is 2. The molecular weight excluding hydrogens is 433 g/mol. The van der Waals surface area contributed by atoms with Crippen molar-refractivity contribution >= 4 is 22.7 Å². The van der Waals surface area contributed by atoms with Gasteiger partial charge in [-0.15, -0.1) is 0 Å². The lowest BCUT2D eigenvalue weighted by Crippen LogP contribution is -2.39. The Morgan fingerprint density at radius 2 is 1.74 bits per heavy atom. The van der Waals surface area contributed by atoms with Gasteiger partial charge in [0.05, 0.1) is 13.2 Å². The van der Waals surface area contributed by atoms with Crippen molar-refractivity contribution < 1.29 is 18.7 Å². The van der Waals surface area contributed by atoms with Crippen molar-refractivity contribution in [3.63, 3.8) is 0 Å². The van der Waals surface area contributed by atoms with Crippen LogP contribution in [0.3, 0.4) is 0 Å². The van der Waals surface area contributed by atoms with Gasteiger partial charge in [0, 0.05) is 35.6 Å². The summed E-state index contributed by atoms with van der Waals surface area (Å²) in [5.74, 6) is -0.238. The number of carbonyl (C=O) groups excluding carboxylic acids is 2. The first-order valence-corrected chi connectivity index (χ1v) is 11.0. The van der Waals surface area contributed by atoms with E-state index in [2.05, 4.69) is 5.32 Å². The van der Waals surface area contributed by atoms with Crippen LogP contribution in [-0.4, -0.2) is 34.9 Å². The Hall–Kier alpha value is -4.13. The number of nitrogens with one attached hydrogen (secondary N) is 1. The third-order valence-electron chi connectivity index (χ3n) is 6.37. The molecule has 4 aromatic rings. The molecule has 172 valence electrons. The highest BCUT2D eigenvalue weighted by atomic mass is 19.1. The molecule has 6 nitrogen and oxygen atoms in total. The fourth-order valence-corrected chi connectivity index (χ4v) is 4.71. The Morgan fingerprint density at radius 3 is 2.47 bits per heavy atom. The lowest BCUT2D eigenvalue weighted by atomic mass is 9.98. The Morgan fingerprint density at radius 1 is 1.03 bits per heavy atom. The van der Waals surface area contributed by atoms with E-state index in [0.717, 1.165) is 22.0 Å². The second-order valence-electron chi connectivity index (χ2n) is 8.32. The van der Waals surface area contributed by atoms with Crippen molar-refractivity contribution in [2.24, 2.45) is 7.05 Å². The van der Waals surface area contributed by atoms with Crippen LogP contribution in [0.4, 0.5) is 4.39 Å². The summed E-state index contributed by atoms with van der Waals surface area (Å²) in [6.45, 7) is -0.0936. The molecule has 1 atom stereocenters. The van der Waals surface area contributed by atoms with E-state index < -0.39 is 6.04 Å². The topological polar surface area (TPSA) is 63.6 Å². The fraction of sp³-hybridized carbons (Fsp3) is 0.185. The molecule has 1 aliphatic heterocycles. The minimum atomic E-state index is -0.432. The number of halogens is 1. The van der Waals surface area contributed by atoms with E-state index in [4.69, 9.17) is 4.74 Å². The summed E-state index contributed by atoms with van der Waals surface area (Å²) >= 11 is 0. The van der Waals surface area contributed by atoms with Crippen molar-refractivity contribution in [1.82, 2.24) is 14.8 Å². The maximum Gasteiger partial charge on any atom is 0.272 e. The van der Waals surface area contributed by atoms with Gasteiger partial charge < -0.3 is 19.5 Å². The van der Waals surface area contributed by atoms with Crippen molar-refractivity contribution in [3.05, 3.63) is 101 Å². The molecule has 1 N–H and O–H groups in total. The molecule has 2 amide bonds. The van der Waals surface area contributed by atoms with E-state index in [9.17, 15) is 14.0 Å². The van der Waals surface area contributed by atoms with E-state index in [0.29, 0.717) is 17.0 Å². The fourth-order valence-electron chi connectivity index (χ4n) is 4.71. The van der Waals surface area contributed by atoms with Gasteiger partial charge >= 0.3 is 0 Å². The maximum absolute atomic E-state index is 14.0. The predicted octanol–water partition coefficient (Wildman–Crippen LogP) is 4.19. The molecule has 2 heterocycles. The van der Waals surface area contributed by atoms with Crippen LogP contribution in [0.1, 0.15) is 33.2 Å². The zero-order valence-electron chi connectivity index (χ0n) is 18.9. The lowest BCUT2D eigenvalue weighted by molar-refractivity contribution is -0.122. The van der Waals surface area contributed by atoms with Gasteiger partial charge in [0.15, 0.2) is 0 Å². The first-order chi connectivity index (χ1) is 16.5. The van der Waals surface area contributed by atoms with E-state index >= 15 is 0 Å². The number of para-hydroxylation sites is 1. The Kier molecular flexibility index (Phi) is 5.53. The second kappa shape index (κ2) is 8.67. The van der Waals surface area contributed by atoms with Crippen LogP contribution in [0.15, 0.2) is 72.8 Å². The number of methoxy groups -OCH3 is 1. The number of hydrogen-bond acceptors (Lipinski definition) is 3. The number of aryl methyl sites for hydroxylation is 1. The molecular formula is C27H24FN3O3. The zero-order valence-corrected chi connectivity index (χ0v) is 18.9. The lowest BCUT2D eigenvalue weighted by Gasteiger charge is -2.26. The molecule has 0 saturated carbocycles. The third-order valence-corrected chi connectivity index (χ3v) is 6.37. The number of ether oxygens (including phenoxy) is 1. The first-order valence-electron chi connectivity index (χ1n) is 11.0. The summed E-state index contributed by atoms with van der Waals surface area (Å²) in [7, 11) is 3.47. The molecule has 0 aliphatic carbocycles. The predicted molar refractivity (Wildman–Crippen MR) is 127 cm³/mol. The van der Waals surface area contributed by atoms with E-state index in [-0.39, 0.29) is 30.7 Å².